The molecule has 3 rings (SSSR count). The second kappa shape index (κ2) is 3.93. The van der Waals surface area contributed by atoms with Crippen LogP contribution in [0.25, 0.3) is 16.5 Å². The molecule has 3 N–H and O–H groups in total. The minimum Gasteiger partial charge on any atom is -0.507 e. The number of hydrogen-bond donors (Lipinski definition) is 3. The van der Waals surface area contributed by atoms with Crippen molar-refractivity contribution in [1.82, 2.24) is 10.3 Å². The van der Waals surface area contributed by atoms with Crippen molar-refractivity contribution in [2.45, 2.75) is 6.92 Å². The van der Waals surface area contributed by atoms with Gasteiger partial charge in [0.1, 0.15) is 5.75 Å². The largest absolute Gasteiger partial charge is 0.507 e. The number of benzene rings is 1. The van der Waals surface area contributed by atoms with Gasteiger partial charge in [0.15, 0.2) is 0 Å². The SMILES string of the molecule is CC1C=C(c2c[nH]c3cccc(O)c23)CNC1. The van der Waals surface area contributed by atoms with Crippen LogP contribution in [0.3, 0.4) is 0 Å². The summed E-state index contributed by atoms with van der Waals surface area (Å²) >= 11 is 0. The number of fused-ring (bicyclic) bond motifs is 1. The molecule has 2 heterocycles. The maximum absolute atomic E-state index is 9.97. The highest BCUT2D eigenvalue weighted by Gasteiger charge is 2.15. The van der Waals surface area contributed by atoms with E-state index in [2.05, 4.69) is 23.3 Å². The van der Waals surface area contributed by atoms with Crippen LogP contribution in [-0.4, -0.2) is 23.2 Å². The highest BCUT2D eigenvalue weighted by Crippen LogP contribution is 2.32. The van der Waals surface area contributed by atoms with Crippen LogP contribution < -0.4 is 5.32 Å². The maximum Gasteiger partial charge on any atom is 0.125 e. The van der Waals surface area contributed by atoms with E-state index in [0.717, 1.165) is 29.6 Å². The summed E-state index contributed by atoms with van der Waals surface area (Å²) in [6, 6.07) is 5.58. The fourth-order valence-electron chi connectivity index (χ4n) is 2.50. The first kappa shape index (κ1) is 10.4. The smallest absolute Gasteiger partial charge is 0.125 e. The molecule has 0 saturated carbocycles. The average molecular weight is 228 g/mol. The van der Waals surface area contributed by atoms with Crippen LogP contribution >= 0.6 is 0 Å². The molecule has 1 aliphatic rings. The van der Waals surface area contributed by atoms with E-state index in [4.69, 9.17) is 0 Å². The van der Waals surface area contributed by atoms with Crippen molar-refractivity contribution in [3.8, 4) is 5.75 Å². The predicted molar refractivity (Wildman–Crippen MR) is 70.0 cm³/mol. The second-order valence-corrected chi connectivity index (χ2v) is 4.70. The van der Waals surface area contributed by atoms with E-state index in [-0.39, 0.29) is 0 Å². The van der Waals surface area contributed by atoms with Crippen LogP contribution in [-0.2, 0) is 0 Å². The van der Waals surface area contributed by atoms with Gasteiger partial charge in [-0.05, 0) is 23.6 Å². The Balaban J connectivity index is 2.18. The standard InChI is InChI=1S/C14H16N2O/c1-9-5-10(7-15-6-9)11-8-16-12-3-2-4-13(17)14(11)12/h2-5,8-9,15-17H,6-7H2,1H3. The van der Waals surface area contributed by atoms with Gasteiger partial charge in [-0.1, -0.05) is 19.1 Å². The van der Waals surface area contributed by atoms with E-state index in [9.17, 15) is 5.11 Å². The first-order valence-corrected chi connectivity index (χ1v) is 5.96. The number of aromatic nitrogens is 1. The van der Waals surface area contributed by atoms with Crippen molar-refractivity contribution >= 4 is 16.5 Å². The molecule has 1 aromatic heterocycles. The molecule has 17 heavy (non-hydrogen) atoms. The number of phenolic OH excluding ortho intramolecular Hbond substituents is 1. The number of hydrogen-bond acceptors (Lipinski definition) is 2. The van der Waals surface area contributed by atoms with E-state index < -0.39 is 0 Å². The minimum atomic E-state index is 0.345. The fraction of sp³-hybridized carbons (Fsp3) is 0.286. The van der Waals surface area contributed by atoms with Gasteiger partial charge in [0.2, 0.25) is 0 Å². The molecule has 3 heteroatoms. The van der Waals surface area contributed by atoms with Gasteiger partial charge in [-0.3, -0.25) is 0 Å². The first-order valence-electron chi connectivity index (χ1n) is 5.96. The van der Waals surface area contributed by atoms with E-state index in [1.54, 1.807) is 6.07 Å². The lowest BCUT2D eigenvalue weighted by Gasteiger charge is -2.19. The Kier molecular flexibility index (Phi) is 2.41. The summed E-state index contributed by atoms with van der Waals surface area (Å²) in [6.07, 6.45) is 4.27. The molecule has 1 atom stereocenters. The molecule has 88 valence electrons. The Morgan fingerprint density at radius 3 is 3.06 bits per heavy atom. The average Bonchev–Trinajstić information content (AvgIpc) is 2.74. The number of rotatable bonds is 1. The normalized spacial score (nSPS) is 20.5. The molecule has 1 unspecified atom stereocenters. The first-order chi connectivity index (χ1) is 8.25. The summed E-state index contributed by atoms with van der Waals surface area (Å²) in [4.78, 5) is 3.21. The van der Waals surface area contributed by atoms with E-state index in [0.29, 0.717) is 11.7 Å². The lowest BCUT2D eigenvalue weighted by atomic mass is 9.97. The number of aromatic amines is 1. The number of nitrogens with one attached hydrogen (secondary N) is 2. The van der Waals surface area contributed by atoms with Crippen molar-refractivity contribution in [1.29, 1.82) is 0 Å². The van der Waals surface area contributed by atoms with Gasteiger partial charge in [-0.25, -0.2) is 0 Å². The molecule has 0 fully saturated rings. The van der Waals surface area contributed by atoms with Gasteiger partial charge >= 0.3 is 0 Å². The Labute approximate surface area is 100 Å². The molecule has 0 aliphatic carbocycles. The van der Waals surface area contributed by atoms with Crippen molar-refractivity contribution < 1.29 is 5.11 Å². The zero-order valence-corrected chi connectivity index (χ0v) is 9.83. The van der Waals surface area contributed by atoms with E-state index >= 15 is 0 Å². The van der Waals surface area contributed by atoms with Crippen molar-refractivity contribution in [2.75, 3.05) is 13.1 Å². The van der Waals surface area contributed by atoms with E-state index in [1.807, 2.05) is 18.3 Å². The second-order valence-electron chi connectivity index (χ2n) is 4.70. The molecule has 0 radical (unpaired) electrons. The zero-order chi connectivity index (χ0) is 11.8. The highest BCUT2D eigenvalue weighted by atomic mass is 16.3. The van der Waals surface area contributed by atoms with Crippen LogP contribution in [0.15, 0.2) is 30.5 Å². The number of H-pyrrole nitrogens is 1. The molecule has 1 aromatic carbocycles. The monoisotopic (exact) mass is 228 g/mol. The molecule has 0 amide bonds. The van der Waals surface area contributed by atoms with Gasteiger partial charge < -0.3 is 15.4 Å². The Bertz CT molecular complexity index is 583. The molecule has 1 aliphatic heterocycles. The van der Waals surface area contributed by atoms with Gasteiger partial charge in [0.05, 0.1) is 0 Å². The van der Waals surface area contributed by atoms with Crippen molar-refractivity contribution in [3.05, 3.63) is 36.0 Å². The van der Waals surface area contributed by atoms with Crippen LogP contribution in [0.5, 0.6) is 5.75 Å². The van der Waals surface area contributed by atoms with Gasteiger partial charge in [-0.2, -0.15) is 0 Å². The predicted octanol–water partition coefficient (Wildman–Crippen LogP) is 2.50. The highest BCUT2D eigenvalue weighted by molar-refractivity contribution is 5.97. The molecular weight excluding hydrogens is 212 g/mol. The fourth-order valence-corrected chi connectivity index (χ4v) is 2.50. The maximum atomic E-state index is 9.97. The van der Waals surface area contributed by atoms with Crippen molar-refractivity contribution in [3.63, 3.8) is 0 Å². The lowest BCUT2D eigenvalue weighted by molar-refractivity contribution is 0.481. The summed E-state index contributed by atoms with van der Waals surface area (Å²) in [5.74, 6) is 0.882. The number of phenols is 1. The topological polar surface area (TPSA) is 48.0 Å². The van der Waals surface area contributed by atoms with Crippen LogP contribution in [0, 0.1) is 5.92 Å². The quantitative estimate of drug-likeness (QED) is 0.702. The Hall–Kier alpha value is -1.74. The summed E-state index contributed by atoms with van der Waals surface area (Å²) in [5, 5.41) is 14.3. The third-order valence-corrected chi connectivity index (χ3v) is 3.30. The minimum absolute atomic E-state index is 0.345. The van der Waals surface area contributed by atoms with Crippen molar-refractivity contribution in [2.24, 2.45) is 5.92 Å². The Morgan fingerprint density at radius 1 is 1.35 bits per heavy atom. The van der Waals surface area contributed by atoms with Crippen LogP contribution in [0.1, 0.15) is 12.5 Å². The molecule has 3 nitrogen and oxygen atoms in total. The Morgan fingerprint density at radius 2 is 2.24 bits per heavy atom. The lowest BCUT2D eigenvalue weighted by Crippen LogP contribution is -2.26. The summed E-state index contributed by atoms with van der Waals surface area (Å²) in [5.41, 5.74) is 3.35. The summed E-state index contributed by atoms with van der Waals surface area (Å²) < 4.78 is 0. The molecule has 0 spiro atoms. The molecular formula is C14H16N2O. The summed E-state index contributed by atoms with van der Waals surface area (Å²) in [7, 11) is 0. The van der Waals surface area contributed by atoms with Gasteiger partial charge in [0, 0.05) is 35.8 Å². The van der Waals surface area contributed by atoms with Crippen LogP contribution in [0.4, 0.5) is 0 Å². The molecule has 2 aromatic rings. The zero-order valence-electron chi connectivity index (χ0n) is 9.83. The molecule has 0 bridgehead atoms. The van der Waals surface area contributed by atoms with Crippen LogP contribution in [0.2, 0.25) is 0 Å². The third-order valence-electron chi connectivity index (χ3n) is 3.30. The van der Waals surface area contributed by atoms with E-state index in [1.165, 1.54) is 5.57 Å². The number of aromatic hydroxyl groups is 1. The molecule has 0 saturated heterocycles. The van der Waals surface area contributed by atoms with Gasteiger partial charge in [0.25, 0.3) is 0 Å². The summed E-state index contributed by atoms with van der Waals surface area (Å²) in [6.45, 7) is 4.09. The third kappa shape index (κ3) is 1.72. The van der Waals surface area contributed by atoms with Gasteiger partial charge in [-0.15, -0.1) is 0 Å².